The van der Waals surface area contributed by atoms with E-state index in [0.29, 0.717) is 23.1 Å². The van der Waals surface area contributed by atoms with E-state index in [1.165, 1.54) is 37.7 Å². The van der Waals surface area contributed by atoms with Crippen LogP contribution in [0.4, 0.5) is 13.2 Å². The Morgan fingerprint density at radius 3 is 2.19 bits per heavy atom. The minimum absolute atomic E-state index is 0.183. The minimum Gasteiger partial charge on any atom is -0.206 e. The zero-order valence-corrected chi connectivity index (χ0v) is 26.4. The maximum atomic E-state index is 15.4. The number of halogens is 3. The monoisotopic (exact) mass is 586 g/mol. The molecule has 2 aliphatic rings. The third-order valence-corrected chi connectivity index (χ3v) is 9.61. The molecular weight excluding hydrogens is 537 g/mol. The molecule has 0 aliphatic heterocycles. The lowest BCUT2D eigenvalue weighted by Crippen LogP contribution is -2.22. The number of benzene rings is 2. The van der Waals surface area contributed by atoms with Crippen LogP contribution in [0.15, 0.2) is 90.6 Å². The van der Waals surface area contributed by atoms with Gasteiger partial charge in [0.25, 0.3) is 0 Å². The Kier molecular flexibility index (Phi) is 12.3. The number of allylic oxidation sites excluding steroid dienone is 9. The summed E-state index contributed by atoms with van der Waals surface area (Å²) >= 11 is 0. The van der Waals surface area contributed by atoms with Crippen LogP contribution in [0.3, 0.4) is 0 Å². The summed E-state index contributed by atoms with van der Waals surface area (Å²) in [6, 6.07) is 12.5. The number of hydrogen-bond donors (Lipinski definition) is 0. The molecule has 3 heteroatoms. The van der Waals surface area contributed by atoms with Gasteiger partial charge < -0.3 is 0 Å². The van der Waals surface area contributed by atoms with Crippen LogP contribution in [-0.2, 0) is 0 Å². The first-order valence-electron chi connectivity index (χ1n) is 16.5. The van der Waals surface area contributed by atoms with Crippen molar-refractivity contribution in [1.82, 2.24) is 0 Å². The first kappa shape index (κ1) is 32.8. The molecule has 0 nitrogen and oxygen atoms in total. The fourth-order valence-electron chi connectivity index (χ4n) is 6.97. The van der Waals surface area contributed by atoms with E-state index in [0.717, 1.165) is 61.8 Å². The third kappa shape index (κ3) is 8.52. The average Bonchev–Trinajstić information content (AvgIpc) is 3.04. The van der Waals surface area contributed by atoms with Crippen molar-refractivity contribution >= 4 is 11.1 Å². The van der Waals surface area contributed by atoms with Gasteiger partial charge in [0, 0.05) is 11.1 Å². The van der Waals surface area contributed by atoms with Gasteiger partial charge in [-0.05, 0) is 123 Å². The van der Waals surface area contributed by atoms with Crippen molar-refractivity contribution in [1.29, 1.82) is 0 Å². The van der Waals surface area contributed by atoms with Crippen LogP contribution in [0.1, 0.15) is 109 Å². The summed E-state index contributed by atoms with van der Waals surface area (Å²) in [4.78, 5) is 0. The molecule has 2 aromatic carbocycles. The van der Waals surface area contributed by atoms with E-state index in [9.17, 15) is 4.39 Å². The van der Waals surface area contributed by atoms with Gasteiger partial charge in [0.2, 0.25) is 0 Å². The van der Waals surface area contributed by atoms with E-state index >= 15 is 8.78 Å². The molecule has 0 amide bonds. The summed E-state index contributed by atoms with van der Waals surface area (Å²) in [6.07, 6.45) is 21.4. The van der Waals surface area contributed by atoms with Gasteiger partial charge in [0.15, 0.2) is 11.7 Å². The molecule has 1 atom stereocenters. The zero-order valence-electron chi connectivity index (χ0n) is 26.4. The lowest BCUT2D eigenvalue weighted by Gasteiger charge is -2.34. The summed E-state index contributed by atoms with van der Waals surface area (Å²) in [5.41, 5.74) is 4.35. The molecular formula is C40H49F3. The molecule has 0 radical (unpaired) electrons. The molecule has 1 fully saturated rings. The summed E-state index contributed by atoms with van der Waals surface area (Å²) in [7, 11) is 0. The largest absolute Gasteiger partial charge is 0.206 e. The van der Waals surface area contributed by atoms with Crippen LogP contribution < -0.4 is 0 Å². The van der Waals surface area contributed by atoms with Gasteiger partial charge in [-0.25, -0.2) is 13.2 Å². The fourth-order valence-corrected chi connectivity index (χ4v) is 6.97. The Bertz CT molecular complexity index is 1350. The van der Waals surface area contributed by atoms with E-state index in [4.69, 9.17) is 0 Å². The van der Waals surface area contributed by atoms with E-state index in [1.54, 1.807) is 43.3 Å². The van der Waals surface area contributed by atoms with E-state index < -0.39 is 11.7 Å². The van der Waals surface area contributed by atoms with Crippen molar-refractivity contribution in [2.75, 3.05) is 0 Å². The lowest BCUT2D eigenvalue weighted by molar-refractivity contribution is 0.212. The summed E-state index contributed by atoms with van der Waals surface area (Å²) < 4.78 is 45.4. The molecule has 1 unspecified atom stereocenters. The minimum atomic E-state index is -0.893. The Morgan fingerprint density at radius 1 is 0.860 bits per heavy atom. The molecule has 0 saturated heterocycles. The van der Waals surface area contributed by atoms with E-state index in [-0.39, 0.29) is 17.0 Å². The van der Waals surface area contributed by atoms with Gasteiger partial charge in [-0.3, -0.25) is 0 Å². The SMILES string of the molecule is C=C(CCCCCC)/C(F)=C(F)\C(=C/C)c1ccc(-c2ccc(C3=CCC(C4CCC(/C=C/C)CC4)CC3)cc2F)cc1. The van der Waals surface area contributed by atoms with Crippen LogP contribution in [0, 0.1) is 23.6 Å². The lowest BCUT2D eigenvalue weighted by atomic mass is 9.71. The smallest absolute Gasteiger partial charge is 0.166 e. The van der Waals surface area contributed by atoms with Gasteiger partial charge in [-0.2, -0.15) is 0 Å². The molecule has 0 aromatic heterocycles. The Morgan fingerprint density at radius 2 is 1.58 bits per heavy atom. The second-order valence-electron chi connectivity index (χ2n) is 12.5. The average molecular weight is 587 g/mol. The maximum absolute atomic E-state index is 15.4. The van der Waals surface area contributed by atoms with Gasteiger partial charge in [-0.15, -0.1) is 0 Å². The fraction of sp³-hybridized carbons (Fsp3) is 0.450. The first-order valence-corrected chi connectivity index (χ1v) is 16.5. The Balaban J connectivity index is 1.40. The summed E-state index contributed by atoms with van der Waals surface area (Å²) in [5.74, 6) is 0.288. The molecule has 0 bridgehead atoms. The Labute approximate surface area is 258 Å². The molecule has 0 N–H and O–H groups in total. The second kappa shape index (κ2) is 16.1. The van der Waals surface area contributed by atoms with Gasteiger partial charge in [-0.1, -0.05) is 93.5 Å². The number of unbranched alkanes of at least 4 members (excludes halogenated alkanes) is 3. The van der Waals surface area contributed by atoms with Crippen LogP contribution in [-0.4, -0.2) is 0 Å². The second-order valence-corrected chi connectivity index (χ2v) is 12.5. The third-order valence-electron chi connectivity index (χ3n) is 9.61. The quantitative estimate of drug-likeness (QED) is 0.132. The first-order chi connectivity index (χ1) is 20.9. The van der Waals surface area contributed by atoms with E-state index in [1.807, 2.05) is 12.1 Å². The van der Waals surface area contributed by atoms with Gasteiger partial charge >= 0.3 is 0 Å². The van der Waals surface area contributed by atoms with E-state index in [2.05, 4.69) is 38.7 Å². The molecule has 0 spiro atoms. The van der Waals surface area contributed by atoms with Crippen molar-refractivity contribution in [3.05, 3.63) is 108 Å². The zero-order chi connectivity index (χ0) is 30.8. The Hall–Kier alpha value is -3.07. The predicted molar refractivity (Wildman–Crippen MR) is 178 cm³/mol. The van der Waals surface area contributed by atoms with Crippen LogP contribution in [0.25, 0.3) is 22.3 Å². The van der Waals surface area contributed by atoms with Crippen LogP contribution >= 0.6 is 0 Å². The van der Waals surface area contributed by atoms with Crippen molar-refractivity contribution in [3.8, 4) is 11.1 Å². The molecule has 0 heterocycles. The predicted octanol–water partition coefficient (Wildman–Crippen LogP) is 13.1. The van der Waals surface area contributed by atoms with Crippen LogP contribution in [0.2, 0.25) is 0 Å². The van der Waals surface area contributed by atoms with Crippen molar-refractivity contribution < 1.29 is 13.2 Å². The molecule has 1 saturated carbocycles. The molecule has 2 aliphatic carbocycles. The normalized spacial score (nSPS) is 22.0. The van der Waals surface area contributed by atoms with Crippen LogP contribution in [0.5, 0.6) is 0 Å². The summed E-state index contributed by atoms with van der Waals surface area (Å²) in [5, 5.41) is 0. The van der Waals surface area contributed by atoms with Gasteiger partial charge in [0.05, 0.1) is 0 Å². The number of hydrogen-bond acceptors (Lipinski definition) is 0. The highest BCUT2D eigenvalue weighted by Crippen LogP contribution is 2.42. The molecule has 4 rings (SSSR count). The van der Waals surface area contributed by atoms with Crippen molar-refractivity contribution in [2.45, 2.75) is 97.8 Å². The standard InChI is InChI=1S/C40H49F3/c1-5-8-9-10-12-28(4)39(42)40(43)36(7-3)33-21-23-34(24-22-33)37-26-25-35(27-38(37)41)32-19-17-31(18-20-32)30-15-13-29(11-6-2)14-16-30/h6-7,11,19,21-27,29-31H,4-5,8-10,12-18,20H2,1-3H3/b11-6+,36-7-,40-39-. The highest BCUT2D eigenvalue weighted by atomic mass is 19.2. The number of rotatable bonds is 12. The maximum Gasteiger partial charge on any atom is 0.166 e. The van der Waals surface area contributed by atoms with Crippen molar-refractivity contribution in [2.24, 2.45) is 17.8 Å². The highest BCUT2D eigenvalue weighted by Gasteiger charge is 2.28. The molecule has 2 aromatic rings. The van der Waals surface area contributed by atoms with Gasteiger partial charge in [0.1, 0.15) is 5.82 Å². The molecule has 230 valence electrons. The highest BCUT2D eigenvalue weighted by molar-refractivity contribution is 5.80. The molecule has 43 heavy (non-hydrogen) atoms. The topological polar surface area (TPSA) is 0 Å². The van der Waals surface area contributed by atoms with Crippen molar-refractivity contribution in [3.63, 3.8) is 0 Å². The summed E-state index contributed by atoms with van der Waals surface area (Å²) in [6.45, 7) is 9.69.